The highest BCUT2D eigenvalue weighted by molar-refractivity contribution is 7.94. The van der Waals surface area contributed by atoms with E-state index in [9.17, 15) is 18.2 Å². The lowest BCUT2D eigenvalue weighted by Gasteiger charge is -2.15. The summed E-state index contributed by atoms with van der Waals surface area (Å²) in [4.78, 5) is 0. The van der Waals surface area contributed by atoms with Crippen molar-refractivity contribution < 1.29 is 41.3 Å². The zero-order chi connectivity index (χ0) is 30.2. The van der Waals surface area contributed by atoms with Crippen molar-refractivity contribution in [1.29, 1.82) is 0 Å². The lowest BCUT2D eigenvalue weighted by molar-refractivity contribution is -0.777. The summed E-state index contributed by atoms with van der Waals surface area (Å²) in [6.07, 6.45) is 4.87. The molecule has 2 unspecified atom stereocenters. The van der Waals surface area contributed by atoms with Crippen LogP contribution in [0, 0.1) is 0 Å². The second-order valence-electron chi connectivity index (χ2n) is 10.2. The Hall–Kier alpha value is -3.20. The molecule has 0 radical (unpaired) electrons. The molecule has 10 nitrogen and oxygen atoms in total. The Labute approximate surface area is 257 Å². The molecule has 13 heteroatoms. The van der Waals surface area contributed by atoms with Crippen molar-refractivity contribution >= 4 is 56.6 Å². The van der Waals surface area contributed by atoms with Crippen LogP contribution in [-0.2, 0) is 26.0 Å². The maximum Gasteiger partial charge on any atom is 0.374 e. The quantitative estimate of drug-likeness (QED) is 0.0316. The van der Waals surface area contributed by atoms with Gasteiger partial charge in [0.2, 0.25) is 11.0 Å². The maximum absolute atomic E-state index is 12.3. The summed E-state index contributed by atoms with van der Waals surface area (Å²) in [5.74, 6) is 1.93. The number of hydrogen-bond donors (Lipinski definition) is 0. The first-order valence-electron chi connectivity index (χ1n) is 13.6. The van der Waals surface area contributed by atoms with Crippen LogP contribution in [0.5, 0.6) is 5.75 Å². The zero-order valence-electron chi connectivity index (χ0n) is 23.0. The van der Waals surface area contributed by atoms with Crippen LogP contribution in [-0.4, -0.2) is 30.6 Å². The van der Waals surface area contributed by atoms with E-state index in [4.69, 9.17) is 20.8 Å². The van der Waals surface area contributed by atoms with Crippen LogP contribution in [0.2, 0.25) is 5.02 Å². The minimum atomic E-state index is -4.62. The predicted octanol–water partition coefficient (Wildman–Crippen LogP) is 5.22. The normalized spacial score (nSPS) is 20.6. The Morgan fingerprint density at radius 1 is 1.16 bits per heavy atom. The maximum atomic E-state index is 12.3. The van der Waals surface area contributed by atoms with Gasteiger partial charge < -0.3 is 19.0 Å². The fourth-order valence-electron chi connectivity index (χ4n) is 5.49. The average Bonchev–Trinajstić information content (AvgIpc) is 3.60. The Kier molecular flexibility index (Phi) is 8.37. The topological polar surface area (TPSA) is 125 Å². The van der Waals surface area contributed by atoms with Crippen molar-refractivity contribution in [2.24, 2.45) is 0 Å². The van der Waals surface area contributed by atoms with Crippen molar-refractivity contribution in [2.75, 3.05) is 12.3 Å². The highest BCUT2D eigenvalue weighted by Crippen LogP contribution is 2.56. The first-order valence-corrected chi connectivity index (χ1v) is 16.3. The van der Waals surface area contributed by atoms with E-state index in [-0.39, 0.29) is 11.0 Å². The monoisotopic (exact) mass is 642 g/mol. The molecule has 2 aliphatic rings. The minimum Gasteiger partial charge on any atom is -0.743 e. The Morgan fingerprint density at radius 2 is 1.98 bits per heavy atom. The number of quaternary nitrogens is 1. The van der Waals surface area contributed by atoms with Gasteiger partial charge in [-0.15, -0.1) is 0 Å². The van der Waals surface area contributed by atoms with Crippen molar-refractivity contribution in [2.45, 2.75) is 31.7 Å². The van der Waals surface area contributed by atoms with Crippen LogP contribution < -0.4 is 19.0 Å². The van der Waals surface area contributed by atoms with Gasteiger partial charge in [0.15, 0.2) is 34.6 Å². The zero-order valence-corrected chi connectivity index (χ0v) is 25.4. The molecule has 3 aromatic carbocycles. The molecule has 43 heavy (non-hydrogen) atoms. The minimum absolute atomic E-state index is 0.0931. The molecule has 1 spiro atoms. The number of benzene rings is 3. The van der Waals surface area contributed by atoms with Gasteiger partial charge in [-0.3, -0.25) is 5.04 Å². The van der Waals surface area contributed by atoms with Crippen LogP contribution in [0.4, 0.5) is 5.69 Å². The molecule has 3 heterocycles. The van der Waals surface area contributed by atoms with Gasteiger partial charge in [-0.25, -0.2) is 8.42 Å². The first kappa shape index (κ1) is 29.9. The highest BCUT2D eigenvalue weighted by atomic mass is 35.5. The first-order chi connectivity index (χ1) is 20.7. The molecule has 0 N–H and O–H groups in total. The van der Waals surface area contributed by atoms with Crippen molar-refractivity contribution in [3.8, 4) is 16.9 Å². The van der Waals surface area contributed by atoms with Crippen molar-refractivity contribution in [1.82, 2.24) is 4.48 Å². The summed E-state index contributed by atoms with van der Waals surface area (Å²) in [6, 6.07) is 20.7. The molecule has 2 atom stereocenters. The lowest BCUT2D eigenvalue weighted by atomic mass is 10.0. The summed E-state index contributed by atoms with van der Waals surface area (Å²) in [5.41, 5.74) is 4.73. The predicted molar refractivity (Wildman–Crippen MR) is 160 cm³/mol. The Bertz CT molecular complexity index is 1840. The van der Waals surface area contributed by atoms with E-state index in [0.717, 1.165) is 34.3 Å². The van der Waals surface area contributed by atoms with Crippen LogP contribution in [0.25, 0.3) is 28.3 Å². The van der Waals surface area contributed by atoms with Crippen LogP contribution in [0.15, 0.2) is 88.7 Å². The van der Waals surface area contributed by atoms with Gasteiger partial charge in [0.1, 0.15) is 0 Å². The van der Waals surface area contributed by atoms with Gasteiger partial charge in [0.25, 0.3) is 5.52 Å². The molecule has 0 bridgehead atoms. The van der Waals surface area contributed by atoms with E-state index in [2.05, 4.69) is 9.37 Å². The number of rotatable bonds is 11. The third-order valence-electron chi connectivity index (χ3n) is 7.64. The van der Waals surface area contributed by atoms with E-state index in [0.29, 0.717) is 59.0 Å². The smallest absolute Gasteiger partial charge is 0.374 e. The van der Waals surface area contributed by atoms with Gasteiger partial charge in [0, 0.05) is 47.4 Å². The molecule has 4 aromatic rings. The lowest BCUT2D eigenvalue weighted by Crippen LogP contribution is -2.35. The van der Waals surface area contributed by atoms with Gasteiger partial charge in [-0.2, -0.15) is 13.4 Å². The number of oxazole rings is 1. The molecule has 1 fully saturated rings. The molecular formula is C30H27ClN2O8S2. The number of aryl methyl sites for hydroxylation is 1. The van der Waals surface area contributed by atoms with Crippen LogP contribution >= 0.6 is 23.6 Å². The standard InChI is InChI=1S/C30H27ClN2O8S2/c1-2-20(15-28-32(13-6-14-42-41-40-34)24-18-23(31)10-12-26(24)38-28)16-29-33(19-30(33)43(35,36)37)25-17-22(9-11-27(25)39-29)21-7-4-3-5-8-21/h3-5,7-12,15-18,30H,2,6,13-14,19H2,1H3/b20-15+,29-16-. The Balaban J connectivity index is 1.39. The number of aromatic nitrogens is 1. The van der Waals surface area contributed by atoms with E-state index in [1.54, 1.807) is 18.2 Å². The third-order valence-corrected chi connectivity index (χ3v) is 9.66. The molecule has 6 rings (SSSR count). The second kappa shape index (κ2) is 12.1. The molecule has 0 amide bonds. The molecule has 224 valence electrons. The SMILES string of the molecule is CCC(/C=C1\Oc2ccc(-c3ccccc3)cc2[N+]12CC2S(=O)(=O)[O-])=C\c1oc2ccc(Cl)cc2[n+]1CCCSOO[O-]. The number of nitrogens with zero attached hydrogens (tertiary/aromatic N) is 2. The number of halogens is 1. The third kappa shape index (κ3) is 5.85. The molecule has 0 saturated carbocycles. The van der Waals surface area contributed by atoms with Crippen molar-refractivity contribution in [3.63, 3.8) is 0 Å². The van der Waals surface area contributed by atoms with E-state index in [1.807, 2.05) is 72.2 Å². The van der Waals surface area contributed by atoms with E-state index in [1.165, 1.54) is 0 Å². The largest absolute Gasteiger partial charge is 0.743 e. The summed E-state index contributed by atoms with van der Waals surface area (Å²) in [6.45, 7) is 2.59. The fraction of sp³-hybridized carbons (Fsp3) is 0.233. The van der Waals surface area contributed by atoms with Crippen molar-refractivity contribution in [3.05, 3.63) is 95.2 Å². The van der Waals surface area contributed by atoms with Crippen LogP contribution in [0.1, 0.15) is 25.7 Å². The Morgan fingerprint density at radius 3 is 2.70 bits per heavy atom. The van der Waals surface area contributed by atoms with Gasteiger partial charge in [-0.05, 0) is 41.3 Å². The van der Waals surface area contributed by atoms with E-state index < -0.39 is 15.5 Å². The van der Waals surface area contributed by atoms with Crippen LogP contribution in [0.3, 0.4) is 0 Å². The summed E-state index contributed by atoms with van der Waals surface area (Å²) in [5, 5.41) is 12.9. The van der Waals surface area contributed by atoms with Gasteiger partial charge >= 0.3 is 11.8 Å². The van der Waals surface area contributed by atoms with Gasteiger partial charge in [0.05, 0.1) is 6.08 Å². The molecule has 1 aromatic heterocycles. The number of fused-ring (bicyclic) bond motifs is 3. The fourth-order valence-corrected chi connectivity index (χ4v) is 7.09. The molecule has 0 aliphatic carbocycles. The van der Waals surface area contributed by atoms with Gasteiger partial charge in [-0.1, -0.05) is 54.9 Å². The highest BCUT2D eigenvalue weighted by Gasteiger charge is 2.69. The summed E-state index contributed by atoms with van der Waals surface area (Å²) in [7, 11) is -4.62. The number of ether oxygens (including phenoxy) is 1. The number of allylic oxidation sites excluding steroid dienone is 2. The second-order valence-corrected chi connectivity index (χ2v) is 13.0. The molecule has 1 saturated heterocycles. The summed E-state index contributed by atoms with van der Waals surface area (Å²) >= 11 is 7.19. The number of hydrogen-bond acceptors (Lipinski definition) is 9. The molecular weight excluding hydrogens is 616 g/mol. The average molecular weight is 643 g/mol. The van der Waals surface area contributed by atoms with E-state index >= 15 is 0 Å². The molecule has 2 aliphatic heterocycles. The summed E-state index contributed by atoms with van der Waals surface area (Å²) < 4.78 is 55.6.